The molecule has 2 atom stereocenters. The molecular formula is C26H29FN2O3. The molecule has 2 aromatic carbocycles. The second-order valence-electron chi connectivity index (χ2n) is 9.23. The van der Waals surface area contributed by atoms with Crippen molar-refractivity contribution in [2.24, 2.45) is 5.92 Å². The molecular weight excluding hydrogens is 407 g/mol. The predicted molar refractivity (Wildman–Crippen MR) is 119 cm³/mol. The summed E-state index contributed by atoms with van der Waals surface area (Å²) in [5.41, 5.74) is 1.33. The van der Waals surface area contributed by atoms with Gasteiger partial charge in [0.15, 0.2) is 0 Å². The third-order valence-electron chi connectivity index (χ3n) is 7.45. The molecule has 0 radical (unpaired) electrons. The third kappa shape index (κ3) is 3.76. The molecule has 3 aliphatic rings. The second kappa shape index (κ2) is 8.75. The van der Waals surface area contributed by atoms with E-state index in [1.54, 1.807) is 6.07 Å². The molecule has 0 bridgehead atoms. The van der Waals surface area contributed by atoms with Crippen molar-refractivity contribution in [2.45, 2.75) is 30.7 Å². The van der Waals surface area contributed by atoms with Crippen LogP contribution in [0.1, 0.15) is 36.3 Å². The number of carbonyl (C=O) groups excluding carboxylic acids is 2. The van der Waals surface area contributed by atoms with Crippen molar-refractivity contribution in [3.05, 3.63) is 71.5 Å². The smallest absolute Gasteiger partial charge is 0.226 e. The Balaban J connectivity index is 1.43. The van der Waals surface area contributed by atoms with Crippen LogP contribution in [0.25, 0.3) is 0 Å². The summed E-state index contributed by atoms with van der Waals surface area (Å²) in [4.78, 5) is 29.4. The van der Waals surface area contributed by atoms with Gasteiger partial charge in [-0.3, -0.25) is 14.5 Å². The van der Waals surface area contributed by atoms with Crippen LogP contribution in [0.15, 0.2) is 54.6 Å². The van der Waals surface area contributed by atoms with Crippen LogP contribution in [0, 0.1) is 11.7 Å². The molecule has 0 aromatic heterocycles. The molecule has 32 heavy (non-hydrogen) atoms. The SMILES string of the molecule is O=C1CCN(C(=O)[C@@H]2CCN(C3(c4ccccc4F)COC3)C[C@H]2c2ccccc2)CC1. The van der Waals surface area contributed by atoms with Gasteiger partial charge < -0.3 is 9.64 Å². The van der Waals surface area contributed by atoms with E-state index in [4.69, 9.17) is 4.74 Å². The van der Waals surface area contributed by atoms with E-state index in [-0.39, 0.29) is 29.3 Å². The van der Waals surface area contributed by atoms with E-state index in [2.05, 4.69) is 17.0 Å². The zero-order valence-electron chi connectivity index (χ0n) is 18.2. The van der Waals surface area contributed by atoms with Gasteiger partial charge in [-0.15, -0.1) is 0 Å². The minimum Gasteiger partial charge on any atom is -0.377 e. The highest BCUT2D eigenvalue weighted by molar-refractivity contribution is 5.85. The van der Waals surface area contributed by atoms with Crippen molar-refractivity contribution < 1.29 is 18.7 Å². The predicted octanol–water partition coefficient (Wildman–Crippen LogP) is 3.35. The summed E-state index contributed by atoms with van der Waals surface area (Å²) in [6, 6.07) is 17.1. The molecule has 0 N–H and O–H groups in total. The molecule has 0 aliphatic carbocycles. The number of carbonyl (C=O) groups is 2. The van der Waals surface area contributed by atoms with Crippen LogP contribution in [-0.4, -0.2) is 60.9 Å². The number of ketones is 1. The van der Waals surface area contributed by atoms with E-state index in [1.165, 1.54) is 6.07 Å². The Labute approximate surface area is 188 Å². The number of nitrogens with zero attached hydrogens (tertiary/aromatic N) is 2. The summed E-state index contributed by atoms with van der Waals surface area (Å²) in [6.07, 6.45) is 1.61. The topological polar surface area (TPSA) is 49.9 Å². The van der Waals surface area contributed by atoms with Gasteiger partial charge in [0.2, 0.25) is 5.91 Å². The van der Waals surface area contributed by atoms with E-state index in [9.17, 15) is 14.0 Å². The summed E-state index contributed by atoms with van der Waals surface area (Å²) >= 11 is 0. The van der Waals surface area contributed by atoms with Crippen LogP contribution in [0.2, 0.25) is 0 Å². The normalized spacial score (nSPS) is 25.9. The monoisotopic (exact) mass is 436 g/mol. The van der Waals surface area contributed by atoms with Crippen LogP contribution >= 0.6 is 0 Å². The Hall–Kier alpha value is -2.57. The summed E-state index contributed by atoms with van der Waals surface area (Å²) < 4.78 is 20.4. The number of piperidine rings is 2. The van der Waals surface area contributed by atoms with Crippen LogP contribution < -0.4 is 0 Å². The number of hydrogen-bond donors (Lipinski definition) is 0. The Morgan fingerprint density at radius 2 is 1.66 bits per heavy atom. The molecule has 3 aliphatic heterocycles. The lowest BCUT2D eigenvalue weighted by Crippen LogP contribution is -2.63. The Kier molecular flexibility index (Phi) is 5.82. The second-order valence-corrected chi connectivity index (χ2v) is 9.23. The number of halogens is 1. The number of benzene rings is 2. The maximum atomic E-state index is 14.8. The molecule has 0 saturated carbocycles. The highest BCUT2D eigenvalue weighted by Crippen LogP contribution is 2.43. The van der Waals surface area contributed by atoms with Gasteiger partial charge in [-0.05, 0) is 24.6 Å². The molecule has 6 heteroatoms. The summed E-state index contributed by atoms with van der Waals surface area (Å²) in [5.74, 6) is 0.0548. The van der Waals surface area contributed by atoms with E-state index < -0.39 is 5.54 Å². The number of amides is 1. The van der Waals surface area contributed by atoms with Gasteiger partial charge in [0.1, 0.15) is 11.6 Å². The van der Waals surface area contributed by atoms with Gasteiger partial charge in [-0.2, -0.15) is 0 Å². The van der Waals surface area contributed by atoms with E-state index in [0.717, 1.165) is 5.56 Å². The number of rotatable bonds is 4. The first-order chi connectivity index (χ1) is 15.6. The molecule has 3 fully saturated rings. The van der Waals surface area contributed by atoms with Crippen LogP contribution in [0.3, 0.4) is 0 Å². The van der Waals surface area contributed by atoms with Crippen molar-refractivity contribution in [1.29, 1.82) is 0 Å². The lowest BCUT2D eigenvalue weighted by Gasteiger charge is -2.54. The van der Waals surface area contributed by atoms with E-state index in [0.29, 0.717) is 64.2 Å². The highest BCUT2D eigenvalue weighted by atomic mass is 19.1. The van der Waals surface area contributed by atoms with Crippen LogP contribution in [0.4, 0.5) is 4.39 Å². The number of likely N-dealkylation sites (tertiary alicyclic amines) is 2. The molecule has 0 spiro atoms. The Bertz CT molecular complexity index is 982. The van der Waals surface area contributed by atoms with E-state index >= 15 is 0 Å². The van der Waals surface area contributed by atoms with Gasteiger partial charge in [0, 0.05) is 49.9 Å². The summed E-state index contributed by atoms with van der Waals surface area (Å²) in [5, 5.41) is 0. The average molecular weight is 437 g/mol. The standard InChI is InChI=1S/C26H29FN2O3/c27-24-9-5-4-8-23(24)26(17-32-18-26)29-15-12-21(22(16-29)19-6-2-1-3-7-19)25(31)28-13-10-20(30)11-14-28/h1-9,21-22H,10-18H2/t21-,22+/m1/s1. The minimum absolute atomic E-state index is 0.0133. The Morgan fingerprint density at radius 3 is 2.31 bits per heavy atom. The first kappa shape index (κ1) is 21.3. The Morgan fingerprint density at radius 1 is 0.969 bits per heavy atom. The largest absolute Gasteiger partial charge is 0.377 e. The van der Waals surface area contributed by atoms with Crippen molar-refractivity contribution in [1.82, 2.24) is 9.80 Å². The molecule has 3 heterocycles. The van der Waals surface area contributed by atoms with Gasteiger partial charge >= 0.3 is 0 Å². The number of Topliss-reactive ketones (excluding diaryl/α,β-unsaturated/α-hetero) is 1. The van der Waals surface area contributed by atoms with Gasteiger partial charge in [-0.1, -0.05) is 48.5 Å². The highest BCUT2D eigenvalue weighted by Gasteiger charge is 2.50. The minimum atomic E-state index is -0.482. The van der Waals surface area contributed by atoms with Crippen molar-refractivity contribution in [3.8, 4) is 0 Å². The fourth-order valence-corrected chi connectivity index (χ4v) is 5.53. The molecule has 3 saturated heterocycles. The first-order valence-corrected chi connectivity index (χ1v) is 11.5. The number of hydrogen-bond acceptors (Lipinski definition) is 4. The third-order valence-corrected chi connectivity index (χ3v) is 7.45. The number of ether oxygens (including phenoxy) is 1. The zero-order valence-corrected chi connectivity index (χ0v) is 18.2. The maximum absolute atomic E-state index is 14.8. The molecule has 2 aromatic rings. The van der Waals surface area contributed by atoms with Crippen molar-refractivity contribution in [3.63, 3.8) is 0 Å². The fraction of sp³-hybridized carbons (Fsp3) is 0.462. The fourth-order valence-electron chi connectivity index (χ4n) is 5.53. The lowest BCUT2D eigenvalue weighted by atomic mass is 9.76. The van der Waals surface area contributed by atoms with E-state index in [1.807, 2.05) is 35.2 Å². The van der Waals surface area contributed by atoms with Crippen LogP contribution in [-0.2, 0) is 19.9 Å². The summed E-state index contributed by atoms with van der Waals surface area (Å²) in [7, 11) is 0. The van der Waals surface area contributed by atoms with Crippen molar-refractivity contribution in [2.75, 3.05) is 39.4 Å². The summed E-state index contributed by atoms with van der Waals surface area (Å²) in [6.45, 7) is 3.35. The molecule has 168 valence electrons. The maximum Gasteiger partial charge on any atom is 0.226 e. The lowest BCUT2D eigenvalue weighted by molar-refractivity contribution is -0.163. The quantitative estimate of drug-likeness (QED) is 0.738. The molecule has 1 amide bonds. The molecule has 0 unspecified atom stereocenters. The first-order valence-electron chi connectivity index (χ1n) is 11.5. The van der Waals surface area contributed by atoms with Crippen LogP contribution in [0.5, 0.6) is 0 Å². The van der Waals surface area contributed by atoms with Gasteiger partial charge in [0.25, 0.3) is 0 Å². The zero-order chi connectivity index (χ0) is 22.1. The van der Waals surface area contributed by atoms with Crippen molar-refractivity contribution >= 4 is 11.7 Å². The van der Waals surface area contributed by atoms with Gasteiger partial charge in [-0.25, -0.2) is 4.39 Å². The average Bonchev–Trinajstić information content (AvgIpc) is 2.80. The molecule has 5 nitrogen and oxygen atoms in total. The molecule has 5 rings (SSSR count). The van der Waals surface area contributed by atoms with Gasteiger partial charge in [0.05, 0.1) is 18.8 Å².